The predicted octanol–water partition coefficient (Wildman–Crippen LogP) is 3.02. The first-order valence-corrected chi connectivity index (χ1v) is 15.2. The Bertz CT molecular complexity index is 1450. The monoisotopic (exact) mass is 595 g/mol. The van der Waals surface area contributed by atoms with Crippen LogP contribution in [0.1, 0.15) is 25.0 Å². The van der Waals surface area contributed by atoms with Gasteiger partial charge in [-0.15, -0.1) is 0 Å². The van der Waals surface area contributed by atoms with Crippen molar-refractivity contribution >= 4 is 36.4 Å². The summed E-state index contributed by atoms with van der Waals surface area (Å²) in [5.74, 6) is -0.955. The first kappa shape index (κ1) is 30.8. The summed E-state index contributed by atoms with van der Waals surface area (Å²) in [4.78, 5) is 37.8. The van der Waals surface area contributed by atoms with E-state index in [1.165, 1.54) is 20.2 Å². The topological polar surface area (TPSA) is 173 Å². The fourth-order valence-electron chi connectivity index (χ4n) is 3.97. The number of carbonyl (C=O) groups is 2. The van der Waals surface area contributed by atoms with Gasteiger partial charge in [-0.1, -0.05) is 60.7 Å². The molecular weight excluding hydrogens is 561 g/mol. The van der Waals surface area contributed by atoms with Gasteiger partial charge in [-0.05, 0) is 25.0 Å². The van der Waals surface area contributed by atoms with Crippen LogP contribution in [-0.4, -0.2) is 56.5 Å². The molecule has 0 aliphatic rings. The zero-order valence-electron chi connectivity index (χ0n) is 23.4. The Labute approximate surface area is 243 Å². The van der Waals surface area contributed by atoms with E-state index in [1.807, 2.05) is 60.7 Å². The summed E-state index contributed by atoms with van der Waals surface area (Å²) in [7, 11) is -3.69. The number of carbonyl (C=O) groups excluding carboxylic acids is 2. The summed E-state index contributed by atoms with van der Waals surface area (Å²) in [6.45, 7) is 3.65. The lowest BCUT2D eigenvalue weighted by atomic mass is 10.2. The summed E-state index contributed by atoms with van der Waals surface area (Å²) >= 11 is 0. The fraction of sp³-hybridized carbons (Fsp3) is 0.321. The minimum absolute atomic E-state index is 0.0646. The number of nitrogens with one attached hydrogen (secondary N) is 2. The largest absolute Gasteiger partial charge is 0.460 e. The van der Waals surface area contributed by atoms with Crippen molar-refractivity contribution in [3.63, 3.8) is 0 Å². The van der Waals surface area contributed by atoms with Gasteiger partial charge in [0.1, 0.15) is 43.5 Å². The molecule has 2 atom stereocenters. The van der Waals surface area contributed by atoms with E-state index in [2.05, 4.69) is 25.1 Å². The van der Waals surface area contributed by atoms with Crippen LogP contribution in [-0.2, 0) is 48.1 Å². The predicted molar refractivity (Wildman–Crippen MR) is 156 cm³/mol. The highest BCUT2D eigenvalue weighted by atomic mass is 31.2. The molecule has 0 aliphatic carbocycles. The molecule has 222 valence electrons. The van der Waals surface area contributed by atoms with Crippen LogP contribution in [0, 0.1) is 0 Å². The molecule has 0 radical (unpaired) electrons. The Morgan fingerprint density at radius 1 is 0.881 bits per heavy atom. The molecule has 0 aliphatic heterocycles. The summed E-state index contributed by atoms with van der Waals surface area (Å²) in [6, 6.07) is 16.5. The lowest BCUT2D eigenvalue weighted by Gasteiger charge is -2.26. The fourth-order valence-corrected chi connectivity index (χ4v) is 6.04. The number of imidazole rings is 1. The number of hydrogen-bond acceptors (Lipinski definition) is 10. The van der Waals surface area contributed by atoms with Gasteiger partial charge in [-0.2, -0.15) is 0 Å². The number of ether oxygens (including phenoxy) is 3. The number of nitrogens with two attached hydrogens (primary N) is 1. The Hall–Kier alpha value is -4.16. The minimum atomic E-state index is -3.69. The van der Waals surface area contributed by atoms with E-state index in [4.69, 9.17) is 19.9 Å². The van der Waals surface area contributed by atoms with Gasteiger partial charge in [0.25, 0.3) is 0 Å². The van der Waals surface area contributed by atoms with Crippen molar-refractivity contribution in [3.8, 4) is 0 Å². The molecule has 0 spiro atoms. The number of rotatable bonds is 15. The van der Waals surface area contributed by atoms with E-state index in [1.54, 1.807) is 10.9 Å². The van der Waals surface area contributed by atoms with Crippen molar-refractivity contribution in [1.29, 1.82) is 0 Å². The molecule has 0 amide bonds. The second-order valence-electron chi connectivity index (χ2n) is 9.53. The normalized spacial score (nSPS) is 13.0. The maximum atomic E-state index is 14.0. The van der Waals surface area contributed by atoms with Gasteiger partial charge in [0.2, 0.25) is 7.44 Å². The molecule has 2 aromatic carbocycles. The summed E-state index contributed by atoms with van der Waals surface area (Å²) in [5, 5.41) is 5.60. The SMILES string of the molecule is C[C@H](NP(=O)(COCCn1cnc2c(N)ncnc21)N[C@@H](C)C(=O)OCc1ccccc1)C(=O)OCc1ccccc1. The molecular formula is C28H34N7O6P. The first-order chi connectivity index (χ1) is 20.2. The van der Waals surface area contributed by atoms with E-state index in [0.717, 1.165) is 11.1 Å². The van der Waals surface area contributed by atoms with Crippen LogP contribution in [0.25, 0.3) is 11.2 Å². The van der Waals surface area contributed by atoms with Gasteiger partial charge < -0.3 is 24.5 Å². The van der Waals surface area contributed by atoms with E-state index in [0.29, 0.717) is 17.7 Å². The number of nitrogen functional groups attached to an aromatic ring is 1. The van der Waals surface area contributed by atoms with Gasteiger partial charge in [-0.25, -0.2) is 25.1 Å². The van der Waals surface area contributed by atoms with Crippen LogP contribution >= 0.6 is 7.44 Å². The zero-order chi connectivity index (χ0) is 30.0. The molecule has 0 bridgehead atoms. The Balaban J connectivity index is 1.37. The average molecular weight is 596 g/mol. The van der Waals surface area contributed by atoms with Gasteiger partial charge >= 0.3 is 11.9 Å². The smallest absolute Gasteiger partial charge is 0.323 e. The van der Waals surface area contributed by atoms with Crippen LogP contribution in [0.3, 0.4) is 0 Å². The van der Waals surface area contributed by atoms with Crippen molar-refractivity contribution in [2.75, 3.05) is 18.7 Å². The number of hydrogen-bond donors (Lipinski definition) is 3. The Kier molecular flexibility index (Phi) is 10.7. The van der Waals surface area contributed by atoms with Crippen molar-refractivity contribution in [3.05, 3.63) is 84.4 Å². The van der Waals surface area contributed by atoms with Gasteiger partial charge in [0.15, 0.2) is 11.5 Å². The third kappa shape index (κ3) is 8.67. The van der Waals surface area contributed by atoms with Crippen molar-refractivity contribution < 1.29 is 28.4 Å². The van der Waals surface area contributed by atoms with Gasteiger partial charge in [0.05, 0.1) is 12.9 Å². The molecule has 0 unspecified atom stereocenters. The summed E-state index contributed by atoms with van der Waals surface area (Å²) < 4.78 is 32.2. The minimum Gasteiger partial charge on any atom is -0.460 e. The second kappa shape index (κ2) is 14.6. The molecule has 0 saturated heterocycles. The standard InChI is InChI=1S/C28H34N7O6P/c1-20(27(36)40-15-22-9-5-3-6-10-22)33-42(38,34-21(2)28(37)41-16-23-11-7-4-8-12-23)19-39-14-13-35-18-32-24-25(29)30-17-31-26(24)35/h3-12,17-18,20-21H,13-16,19H2,1-2H3,(H2,29,30,31)(H2,33,34,38)/t20-,21-/m0/s1. The van der Waals surface area contributed by atoms with Gasteiger partial charge in [0, 0.05) is 6.54 Å². The highest BCUT2D eigenvalue weighted by Crippen LogP contribution is 2.37. The first-order valence-electron chi connectivity index (χ1n) is 13.3. The molecule has 42 heavy (non-hydrogen) atoms. The molecule has 2 heterocycles. The molecule has 13 nitrogen and oxygen atoms in total. The molecule has 4 rings (SSSR count). The highest BCUT2D eigenvalue weighted by molar-refractivity contribution is 7.59. The Morgan fingerprint density at radius 2 is 1.43 bits per heavy atom. The summed E-state index contributed by atoms with van der Waals surface area (Å²) in [5.41, 5.74) is 8.48. The number of anilines is 1. The molecule has 14 heteroatoms. The van der Waals surface area contributed by atoms with Crippen LogP contribution in [0.4, 0.5) is 5.82 Å². The maximum Gasteiger partial charge on any atom is 0.323 e. The highest BCUT2D eigenvalue weighted by Gasteiger charge is 2.32. The van der Waals surface area contributed by atoms with Crippen molar-refractivity contribution in [2.45, 2.75) is 45.7 Å². The number of benzene rings is 2. The second-order valence-corrected chi connectivity index (χ2v) is 11.8. The van der Waals surface area contributed by atoms with E-state index >= 15 is 0 Å². The van der Waals surface area contributed by atoms with Crippen LogP contribution in [0.5, 0.6) is 0 Å². The van der Waals surface area contributed by atoms with Crippen molar-refractivity contribution in [2.24, 2.45) is 0 Å². The molecule has 4 N–H and O–H groups in total. The van der Waals surface area contributed by atoms with Crippen LogP contribution in [0.2, 0.25) is 0 Å². The van der Waals surface area contributed by atoms with Crippen molar-refractivity contribution in [1.82, 2.24) is 29.7 Å². The molecule has 0 fully saturated rings. The third-order valence-electron chi connectivity index (χ3n) is 6.14. The molecule has 4 aromatic rings. The van der Waals surface area contributed by atoms with E-state index in [-0.39, 0.29) is 32.0 Å². The molecule has 2 aromatic heterocycles. The number of nitrogens with zero attached hydrogens (tertiary/aromatic N) is 4. The van der Waals surface area contributed by atoms with Crippen LogP contribution in [0.15, 0.2) is 73.3 Å². The maximum absolute atomic E-state index is 14.0. The average Bonchev–Trinajstić information content (AvgIpc) is 3.42. The Morgan fingerprint density at radius 3 is 1.98 bits per heavy atom. The quantitative estimate of drug-likeness (QED) is 0.104. The number of fused-ring (bicyclic) bond motifs is 1. The van der Waals surface area contributed by atoms with E-state index in [9.17, 15) is 14.2 Å². The van der Waals surface area contributed by atoms with Crippen LogP contribution < -0.4 is 15.9 Å². The van der Waals surface area contributed by atoms with Gasteiger partial charge in [-0.3, -0.25) is 14.2 Å². The molecule has 0 saturated carbocycles. The number of aromatic nitrogens is 4. The third-order valence-corrected chi connectivity index (χ3v) is 8.29. The zero-order valence-corrected chi connectivity index (χ0v) is 24.3. The number of esters is 2. The summed E-state index contributed by atoms with van der Waals surface area (Å²) in [6.07, 6.45) is 2.57. The lowest BCUT2D eigenvalue weighted by molar-refractivity contribution is -0.147. The lowest BCUT2D eigenvalue weighted by Crippen LogP contribution is -2.42. The van der Waals surface area contributed by atoms with E-state index < -0.39 is 31.5 Å².